The summed E-state index contributed by atoms with van der Waals surface area (Å²) in [4.78, 5) is 10.7. The third-order valence-corrected chi connectivity index (χ3v) is 4.42. The van der Waals surface area contributed by atoms with Crippen molar-refractivity contribution in [2.75, 3.05) is 5.43 Å². The number of nitrogen functional groups attached to an aromatic ring is 1. The molecule has 0 fully saturated rings. The zero-order chi connectivity index (χ0) is 14.8. The topological polar surface area (TPSA) is 73.1 Å². The normalized spacial score (nSPS) is 10.8. The number of benzene rings is 1. The number of nitrogens with zero attached hydrogens (tertiary/aromatic N) is 2. The fourth-order valence-corrected chi connectivity index (χ4v) is 3.03. The standard InChI is InChI=1S/C14H13ClN4OS/c1-2-8-7-9-12(17-14(19-16)18-13(9)21-8)20-11-6-4-3-5-10(11)15/h3-7H,2,16H2,1H3,(H,17,18,19). The minimum Gasteiger partial charge on any atom is -0.437 e. The lowest BCUT2D eigenvalue weighted by atomic mass is 10.3. The number of hydrogen-bond acceptors (Lipinski definition) is 6. The summed E-state index contributed by atoms with van der Waals surface area (Å²) in [6.45, 7) is 2.09. The van der Waals surface area contributed by atoms with Gasteiger partial charge in [0.15, 0.2) is 0 Å². The van der Waals surface area contributed by atoms with Crippen LogP contribution in [0.1, 0.15) is 11.8 Å². The Morgan fingerprint density at radius 2 is 2.14 bits per heavy atom. The van der Waals surface area contributed by atoms with Crippen molar-refractivity contribution in [3.63, 3.8) is 0 Å². The van der Waals surface area contributed by atoms with Gasteiger partial charge in [-0.1, -0.05) is 30.7 Å². The third kappa shape index (κ3) is 2.78. The van der Waals surface area contributed by atoms with Gasteiger partial charge in [-0.3, -0.25) is 5.43 Å². The van der Waals surface area contributed by atoms with Crippen LogP contribution in [0.5, 0.6) is 11.6 Å². The Bertz CT molecular complexity index is 790. The molecule has 0 spiro atoms. The predicted octanol–water partition coefficient (Wildman–Crippen LogP) is 3.99. The number of rotatable bonds is 4. The molecule has 3 aromatic rings. The first kappa shape index (κ1) is 14.1. The number of fused-ring (bicyclic) bond motifs is 1. The first-order valence-corrected chi connectivity index (χ1v) is 7.60. The molecule has 0 saturated heterocycles. The van der Waals surface area contributed by atoms with Gasteiger partial charge in [-0.05, 0) is 24.6 Å². The van der Waals surface area contributed by atoms with Crippen LogP contribution >= 0.6 is 22.9 Å². The van der Waals surface area contributed by atoms with Crippen molar-refractivity contribution in [1.82, 2.24) is 9.97 Å². The van der Waals surface area contributed by atoms with E-state index in [0.717, 1.165) is 16.6 Å². The molecule has 1 aromatic carbocycles. The van der Waals surface area contributed by atoms with Crippen LogP contribution in [0.3, 0.4) is 0 Å². The molecule has 108 valence electrons. The van der Waals surface area contributed by atoms with Gasteiger partial charge in [-0.2, -0.15) is 4.98 Å². The molecule has 0 aliphatic heterocycles. The maximum atomic E-state index is 6.13. The number of hydrazine groups is 1. The minimum absolute atomic E-state index is 0.314. The Morgan fingerprint density at radius 1 is 1.33 bits per heavy atom. The minimum atomic E-state index is 0.314. The Kier molecular flexibility index (Phi) is 3.92. The molecule has 0 amide bonds. The lowest BCUT2D eigenvalue weighted by Crippen LogP contribution is -2.10. The number of thiophene rings is 1. The first-order valence-electron chi connectivity index (χ1n) is 6.40. The van der Waals surface area contributed by atoms with Crippen LogP contribution < -0.4 is 16.0 Å². The average molecular weight is 321 g/mol. The highest BCUT2D eigenvalue weighted by atomic mass is 35.5. The fourth-order valence-electron chi connectivity index (χ4n) is 1.89. The second kappa shape index (κ2) is 5.85. The summed E-state index contributed by atoms with van der Waals surface area (Å²) in [6, 6.07) is 9.29. The van der Waals surface area contributed by atoms with Crippen LogP contribution in [0.25, 0.3) is 10.2 Å². The first-order chi connectivity index (χ1) is 10.2. The number of para-hydroxylation sites is 1. The summed E-state index contributed by atoms with van der Waals surface area (Å²) in [5.74, 6) is 6.72. The van der Waals surface area contributed by atoms with E-state index in [0.29, 0.717) is 22.6 Å². The molecule has 0 bridgehead atoms. The Hall–Kier alpha value is -1.89. The van der Waals surface area contributed by atoms with Crippen LogP contribution in [0.4, 0.5) is 5.95 Å². The summed E-state index contributed by atoms with van der Waals surface area (Å²) in [6.07, 6.45) is 0.929. The Balaban J connectivity index is 2.11. The molecule has 0 radical (unpaired) electrons. The molecule has 0 saturated carbocycles. The quantitative estimate of drug-likeness (QED) is 0.562. The van der Waals surface area contributed by atoms with Gasteiger partial charge in [0, 0.05) is 4.88 Å². The highest BCUT2D eigenvalue weighted by Crippen LogP contribution is 2.35. The highest BCUT2D eigenvalue weighted by molar-refractivity contribution is 7.18. The molecule has 5 nitrogen and oxygen atoms in total. The summed E-state index contributed by atoms with van der Waals surface area (Å²) in [5, 5.41) is 1.38. The lowest BCUT2D eigenvalue weighted by Gasteiger charge is -2.08. The van der Waals surface area contributed by atoms with Gasteiger partial charge in [-0.25, -0.2) is 10.8 Å². The van der Waals surface area contributed by atoms with E-state index < -0.39 is 0 Å². The number of nitrogens with two attached hydrogens (primary N) is 1. The zero-order valence-electron chi connectivity index (χ0n) is 11.3. The van der Waals surface area contributed by atoms with E-state index in [2.05, 4.69) is 22.3 Å². The van der Waals surface area contributed by atoms with Crippen LogP contribution in [-0.4, -0.2) is 9.97 Å². The van der Waals surface area contributed by atoms with Gasteiger partial charge in [0.05, 0.1) is 10.4 Å². The van der Waals surface area contributed by atoms with Crippen LogP contribution in [0, 0.1) is 0 Å². The highest BCUT2D eigenvalue weighted by Gasteiger charge is 2.14. The van der Waals surface area contributed by atoms with E-state index >= 15 is 0 Å². The summed E-state index contributed by atoms with van der Waals surface area (Å²) in [7, 11) is 0. The largest absolute Gasteiger partial charge is 0.437 e. The van der Waals surface area contributed by atoms with Gasteiger partial charge in [-0.15, -0.1) is 11.3 Å². The van der Waals surface area contributed by atoms with E-state index in [1.165, 1.54) is 4.88 Å². The molecule has 7 heteroatoms. The molecule has 0 aliphatic carbocycles. The monoisotopic (exact) mass is 320 g/mol. The molecular formula is C14H13ClN4OS. The summed E-state index contributed by atoms with van der Waals surface area (Å²) >= 11 is 7.72. The van der Waals surface area contributed by atoms with E-state index in [-0.39, 0.29) is 0 Å². The van der Waals surface area contributed by atoms with Gasteiger partial charge in [0.25, 0.3) is 0 Å². The van der Waals surface area contributed by atoms with Crippen molar-refractivity contribution in [2.45, 2.75) is 13.3 Å². The van der Waals surface area contributed by atoms with Gasteiger partial charge in [0.1, 0.15) is 10.6 Å². The van der Waals surface area contributed by atoms with Crippen molar-refractivity contribution in [2.24, 2.45) is 5.84 Å². The van der Waals surface area contributed by atoms with Gasteiger partial charge >= 0.3 is 0 Å². The molecule has 0 aliphatic rings. The number of aromatic nitrogens is 2. The van der Waals surface area contributed by atoms with Crippen molar-refractivity contribution in [3.8, 4) is 11.6 Å². The molecule has 2 heterocycles. The molecule has 0 unspecified atom stereocenters. The van der Waals surface area contributed by atoms with E-state index in [1.54, 1.807) is 23.5 Å². The second-order valence-corrected chi connectivity index (χ2v) is 5.84. The number of hydrogen-bond donors (Lipinski definition) is 2. The second-order valence-electron chi connectivity index (χ2n) is 4.31. The maximum absolute atomic E-state index is 6.13. The lowest BCUT2D eigenvalue weighted by molar-refractivity contribution is 0.469. The molecule has 21 heavy (non-hydrogen) atoms. The molecule has 2 aromatic heterocycles. The number of anilines is 1. The number of aryl methyl sites for hydroxylation is 1. The fraction of sp³-hybridized carbons (Fsp3) is 0.143. The number of nitrogens with one attached hydrogen (secondary N) is 1. The molecular weight excluding hydrogens is 308 g/mol. The Labute approximate surface area is 130 Å². The van der Waals surface area contributed by atoms with E-state index in [1.807, 2.05) is 18.2 Å². The van der Waals surface area contributed by atoms with Gasteiger partial charge < -0.3 is 4.74 Å². The summed E-state index contributed by atoms with van der Waals surface area (Å²) in [5.41, 5.74) is 2.46. The van der Waals surface area contributed by atoms with Crippen molar-refractivity contribution < 1.29 is 4.74 Å². The zero-order valence-corrected chi connectivity index (χ0v) is 12.8. The summed E-state index contributed by atoms with van der Waals surface area (Å²) < 4.78 is 5.85. The van der Waals surface area contributed by atoms with Crippen molar-refractivity contribution >= 4 is 39.1 Å². The van der Waals surface area contributed by atoms with Crippen molar-refractivity contribution in [1.29, 1.82) is 0 Å². The van der Waals surface area contributed by atoms with Crippen molar-refractivity contribution in [3.05, 3.63) is 40.2 Å². The van der Waals surface area contributed by atoms with E-state index in [4.69, 9.17) is 22.2 Å². The number of ether oxygens (including phenoxy) is 1. The molecule has 0 atom stereocenters. The molecule has 3 N–H and O–H groups in total. The van der Waals surface area contributed by atoms with E-state index in [9.17, 15) is 0 Å². The van der Waals surface area contributed by atoms with Crippen LogP contribution in [-0.2, 0) is 6.42 Å². The average Bonchev–Trinajstić information content (AvgIpc) is 2.92. The number of halogens is 1. The predicted molar refractivity (Wildman–Crippen MR) is 86.1 cm³/mol. The Morgan fingerprint density at radius 3 is 2.86 bits per heavy atom. The molecule has 3 rings (SSSR count). The SMILES string of the molecule is CCc1cc2c(Oc3ccccc3Cl)nc(NN)nc2s1. The maximum Gasteiger partial charge on any atom is 0.241 e. The smallest absolute Gasteiger partial charge is 0.241 e. The van der Waals surface area contributed by atoms with Gasteiger partial charge in [0.2, 0.25) is 11.8 Å². The van der Waals surface area contributed by atoms with Crippen LogP contribution in [0.15, 0.2) is 30.3 Å². The third-order valence-electron chi connectivity index (χ3n) is 2.93. The van der Waals surface area contributed by atoms with Crippen LogP contribution in [0.2, 0.25) is 5.02 Å².